The van der Waals surface area contributed by atoms with Crippen LogP contribution in [0.25, 0.3) is 5.78 Å². The minimum atomic E-state index is -0.128. The molecular formula is C16H17N5O2. The highest BCUT2D eigenvalue weighted by Gasteiger charge is 2.10. The minimum Gasteiger partial charge on any atom is -0.494 e. The van der Waals surface area contributed by atoms with Gasteiger partial charge in [0.25, 0.3) is 5.78 Å². The number of hydrogen-bond acceptors (Lipinski definition) is 5. The molecule has 0 atom stereocenters. The molecular weight excluding hydrogens is 294 g/mol. The zero-order valence-electron chi connectivity index (χ0n) is 12.8. The monoisotopic (exact) mass is 311 g/mol. The molecule has 0 saturated heterocycles. The van der Waals surface area contributed by atoms with Gasteiger partial charge >= 0.3 is 0 Å². The number of aromatic nitrogens is 4. The van der Waals surface area contributed by atoms with Crippen molar-refractivity contribution in [2.45, 2.75) is 19.8 Å². The van der Waals surface area contributed by atoms with Crippen LogP contribution in [-0.4, -0.2) is 32.1 Å². The number of nitrogens with one attached hydrogen (secondary N) is 1. The van der Waals surface area contributed by atoms with E-state index in [1.165, 1.54) is 0 Å². The van der Waals surface area contributed by atoms with Crippen LogP contribution in [0.1, 0.15) is 18.5 Å². The van der Waals surface area contributed by atoms with Gasteiger partial charge in [0.1, 0.15) is 5.75 Å². The summed E-state index contributed by atoms with van der Waals surface area (Å²) < 4.78 is 7.20. The van der Waals surface area contributed by atoms with Crippen LogP contribution in [0.3, 0.4) is 0 Å². The van der Waals surface area contributed by atoms with Gasteiger partial charge in [-0.15, -0.1) is 10.2 Å². The van der Waals surface area contributed by atoms with Crippen LogP contribution >= 0.6 is 0 Å². The standard InChI is InChI=1S/C16H17N5O2/c1-12-9-10-21-15(17-12)19-20-16(21)18-14(22)8-5-11-23-13-6-3-2-4-7-13/h2-4,6-7,9-10H,5,8,11H2,1H3,(H,18,20,22). The van der Waals surface area contributed by atoms with Crippen molar-refractivity contribution in [3.05, 3.63) is 48.3 Å². The van der Waals surface area contributed by atoms with E-state index in [0.29, 0.717) is 31.2 Å². The Labute approximate surface area is 133 Å². The van der Waals surface area contributed by atoms with E-state index in [-0.39, 0.29) is 5.91 Å². The number of hydrogen-bond donors (Lipinski definition) is 1. The predicted molar refractivity (Wildman–Crippen MR) is 85.3 cm³/mol. The van der Waals surface area contributed by atoms with E-state index < -0.39 is 0 Å². The zero-order chi connectivity index (χ0) is 16.1. The maximum atomic E-state index is 12.0. The van der Waals surface area contributed by atoms with Gasteiger partial charge in [0, 0.05) is 18.3 Å². The number of fused-ring (bicyclic) bond motifs is 1. The number of rotatable bonds is 6. The fourth-order valence-electron chi connectivity index (χ4n) is 2.09. The van der Waals surface area contributed by atoms with E-state index in [0.717, 1.165) is 11.4 Å². The smallest absolute Gasteiger partial charge is 0.256 e. The second-order valence-electron chi connectivity index (χ2n) is 5.08. The zero-order valence-corrected chi connectivity index (χ0v) is 12.8. The molecule has 2 heterocycles. The number of ether oxygens (including phenoxy) is 1. The van der Waals surface area contributed by atoms with Gasteiger partial charge in [-0.05, 0) is 31.5 Å². The van der Waals surface area contributed by atoms with Crippen molar-refractivity contribution in [2.24, 2.45) is 0 Å². The fraction of sp³-hybridized carbons (Fsp3) is 0.250. The lowest BCUT2D eigenvalue weighted by atomic mass is 10.3. The largest absolute Gasteiger partial charge is 0.494 e. The van der Waals surface area contributed by atoms with E-state index in [4.69, 9.17) is 4.74 Å². The summed E-state index contributed by atoms with van der Waals surface area (Å²) >= 11 is 0. The molecule has 23 heavy (non-hydrogen) atoms. The van der Waals surface area contributed by atoms with Crippen LogP contribution in [0.4, 0.5) is 5.95 Å². The highest BCUT2D eigenvalue weighted by molar-refractivity contribution is 5.89. The normalized spacial score (nSPS) is 10.7. The van der Waals surface area contributed by atoms with Gasteiger partial charge in [-0.3, -0.25) is 14.5 Å². The van der Waals surface area contributed by atoms with E-state index >= 15 is 0 Å². The number of carbonyl (C=O) groups is 1. The molecule has 7 nitrogen and oxygen atoms in total. The third-order valence-corrected chi connectivity index (χ3v) is 3.23. The summed E-state index contributed by atoms with van der Waals surface area (Å²) in [5.41, 5.74) is 0.848. The predicted octanol–water partition coefficient (Wildman–Crippen LogP) is 2.23. The van der Waals surface area contributed by atoms with Crippen molar-refractivity contribution >= 4 is 17.6 Å². The number of nitrogens with zero attached hydrogens (tertiary/aromatic N) is 4. The molecule has 0 fully saturated rings. The molecule has 0 saturated carbocycles. The molecule has 0 spiro atoms. The summed E-state index contributed by atoms with van der Waals surface area (Å²) in [6.45, 7) is 2.36. The quantitative estimate of drug-likeness (QED) is 0.706. The number of benzene rings is 1. The first-order valence-corrected chi connectivity index (χ1v) is 7.38. The lowest BCUT2D eigenvalue weighted by molar-refractivity contribution is -0.116. The Kier molecular flexibility index (Phi) is 4.46. The Morgan fingerprint density at radius 3 is 2.87 bits per heavy atom. The summed E-state index contributed by atoms with van der Waals surface area (Å²) in [4.78, 5) is 16.2. The number of carbonyl (C=O) groups excluding carboxylic acids is 1. The number of amides is 1. The van der Waals surface area contributed by atoms with Crippen molar-refractivity contribution in [1.82, 2.24) is 19.6 Å². The molecule has 0 unspecified atom stereocenters. The Morgan fingerprint density at radius 2 is 2.04 bits per heavy atom. The van der Waals surface area contributed by atoms with Gasteiger partial charge in [0.2, 0.25) is 11.9 Å². The van der Waals surface area contributed by atoms with Gasteiger partial charge in [-0.1, -0.05) is 18.2 Å². The van der Waals surface area contributed by atoms with E-state index in [9.17, 15) is 4.79 Å². The van der Waals surface area contributed by atoms with Gasteiger partial charge < -0.3 is 4.74 Å². The second-order valence-corrected chi connectivity index (χ2v) is 5.08. The number of para-hydroxylation sites is 1. The Bertz CT molecular complexity index is 801. The first-order valence-electron chi connectivity index (χ1n) is 7.38. The molecule has 1 N–H and O–H groups in total. The summed E-state index contributed by atoms with van der Waals surface area (Å²) in [6, 6.07) is 11.4. The average Bonchev–Trinajstić information content (AvgIpc) is 2.94. The summed E-state index contributed by atoms with van der Waals surface area (Å²) in [7, 11) is 0. The maximum absolute atomic E-state index is 12.0. The van der Waals surface area contributed by atoms with Crippen LogP contribution in [-0.2, 0) is 4.79 Å². The van der Waals surface area contributed by atoms with Gasteiger partial charge in [-0.25, -0.2) is 4.98 Å². The first-order chi connectivity index (χ1) is 11.2. The minimum absolute atomic E-state index is 0.128. The molecule has 0 aliphatic rings. The molecule has 1 aromatic carbocycles. The summed E-state index contributed by atoms with van der Waals surface area (Å²) in [5.74, 6) is 1.52. The highest BCUT2D eigenvalue weighted by atomic mass is 16.5. The molecule has 0 bridgehead atoms. The Hall–Kier alpha value is -2.96. The van der Waals surface area contributed by atoms with Crippen LogP contribution < -0.4 is 10.1 Å². The van der Waals surface area contributed by atoms with Crippen molar-refractivity contribution in [3.8, 4) is 5.75 Å². The van der Waals surface area contributed by atoms with Gasteiger partial charge in [0.05, 0.1) is 6.61 Å². The van der Waals surface area contributed by atoms with Crippen molar-refractivity contribution in [3.63, 3.8) is 0 Å². The van der Waals surface area contributed by atoms with E-state index in [1.54, 1.807) is 10.6 Å². The Morgan fingerprint density at radius 1 is 1.22 bits per heavy atom. The van der Waals surface area contributed by atoms with Crippen molar-refractivity contribution in [2.75, 3.05) is 11.9 Å². The third kappa shape index (κ3) is 3.82. The maximum Gasteiger partial charge on any atom is 0.256 e. The van der Waals surface area contributed by atoms with E-state index in [2.05, 4.69) is 20.5 Å². The number of aryl methyl sites for hydroxylation is 1. The average molecular weight is 311 g/mol. The van der Waals surface area contributed by atoms with Crippen LogP contribution in [0.2, 0.25) is 0 Å². The number of anilines is 1. The molecule has 0 aliphatic heterocycles. The Balaban J connectivity index is 1.49. The van der Waals surface area contributed by atoms with Crippen LogP contribution in [0.15, 0.2) is 42.6 Å². The molecule has 3 rings (SSSR count). The lowest BCUT2D eigenvalue weighted by Gasteiger charge is -2.06. The van der Waals surface area contributed by atoms with E-state index in [1.807, 2.05) is 43.3 Å². The molecule has 0 radical (unpaired) electrons. The molecule has 3 aromatic rings. The molecule has 2 aromatic heterocycles. The first kappa shape index (κ1) is 15.0. The SMILES string of the molecule is Cc1ccn2c(NC(=O)CCCOc3ccccc3)nnc2n1. The third-order valence-electron chi connectivity index (χ3n) is 3.23. The molecule has 118 valence electrons. The molecule has 0 aliphatic carbocycles. The highest BCUT2D eigenvalue weighted by Crippen LogP contribution is 2.10. The van der Waals surface area contributed by atoms with Crippen LogP contribution in [0.5, 0.6) is 5.75 Å². The van der Waals surface area contributed by atoms with Crippen LogP contribution in [0, 0.1) is 6.92 Å². The molecule has 7 heteroatoms. The second kappa shape index (κ2) is 6.87. The van der Waals surface area contributed by atoms with Crippen molar-refractivity contribution < 1.29 is 9.53 Å². The lowest BCUT2D eigenvalue weighted by Crippen LogP contribution is -2.15. The summed E-state index contributed by atoms with van der Waals surface area (Å²) in [5, 5.41) is 10.6. The fourth-order valence-corrected chi connectivity index (χ4v) is 2.09. The topological polar surface area (TPSA) is 81.4 Å². The van der Waals surface area contributed by atoms with Crippen molar-refractivity contribution in [1.29, 1.82) is 0 Å². The van der Waals surface area contributed by atoms with Gasteiger partial charge in [-0.2, -0.15) is 0 Å². The molecule has 1 amide bonds. The van der Waals surface area contributed by atoms with Gasteiger partial charge in [0.15, 0.2) is 0 Å². The summed E-state index contributed by atoms with van der Waals surface area (Å²) in [6.07, 6.45) is 2.75.